The first kappa shape index (κ1) is 47.3. The third kappa shape index (κ3) is 7.98. The van der Waals surface area contributed by atoms with Crippen molar-refractivity contribution in [1.82, 2.24) is 0 Å². The Morgan fingerprint density at radius 2 is 1.55 bits per heavy atom. The molecule has 25 unspecified atom stereocenters. The van der Waals surface area contributed by atoms with E-state index >= 15 is 0 Å². The normalized spacial score (nSPS) is 55.1. The molecule has 8 aliphatic rings. The van der Waals surface area contributed by atoms with E-state index in [2.05, 4.69) is 33.4 Å². The molecule has 18 heteroatoms. The summed E-state index contributed by atoms with van der Waals surface area (Å²) in [6.07, 6.45) is -13.4. The van der Waals surface area contributed by atoms with Gasteiger partial charge in [-0.05, 0) is 74.5 Å². The molecule has 4 heterocycles. The van der Waals surface area contributed by atoms with Crippen LogP contribution < -0.4 is 0 Å². The van der Waals surface area contributed by atoms with Gasteiger partial charge in [0.1, 0.15) is 61.0 Å². The lowest BCUT2D eigenvalue weighted by Crippen LogP contribution is -2.62. The zero-order valence-corrected chi connectivity index (χ0v) is 36.0. The van der Waals surface area contributed by atoms with Crippen LogP contribution in [0, 0.1) is 40.4 Å². The SMILES string of the molecule is C=C(CCC1(O)OC2CC3C4CC=C5CC(OC6OCC(O)C(O)C6OC6OC(C)C(O)C(O)C6O)CC(O)C5(C)C4CCC3(C)C2C1C)COC1OC(CO)C(O)C(O)C1O. The molecule has 0 spiro atoms. The zero-order valence-electron chi connectivity index (χ0n) is 36.0. The van der Waals surface area contributed by atoms with Gasteiger partial charge in [0.15, 0.2) is 24.7 Å². The Morgan fingerprint density at radius 1 is 0.839 bits per heavy atom. The van der Waals surface area contributed by atoms with E-state index in [4.69, 9.17) is 33.2 Å². The summed E-state index contributed by atoms with van der Waals surface area (Å²) in [6.45, 7) is 11.3. The highest BCUT2D eigenvalue weighted by Crippen LogP contribution is 2.70. The predicted molar refractivity (Wildman–Crippen MR) is 213 cm³/mol. The molecule has 3 saturated carbocycles. The van der Waals surface area contributed by atoms with Crippen molar-refractivity contribution >= 4 is 0 Å². The number of allylic oxidation sites excluding steroid dienone is 1. The first-order chi connectivity index (χ1) is 29.2. The molecule has 7 fully saturated rings. The summed E-state index contributed by atoms with van der Waals surface area (Å²) in [5.41, 5.74) is 1.10. The van der Waals surface area contributed by atoms with Gasteiger partial charge in [0.25, 0.3) is 0 Å². The first-order valence-corrected chi connectivity index (χ1v) is 22.6. The summed E-state index contributed by atoms with van der Waals surface area (Å²) in [4.78, 5) is 0. The minimum absolute atomic E-state index is 0.0368. The standard InChI is InChI=1S/C44H70O18/c1-18(16-56-39-36(53)35(52)33(50)28(15-45)60-39)8-11-44(55)19(2)30-27(62-44)14-25-23-7-6-21-12-22(13-29(47)43(21,5)24(23)9-10-42(25,30)4)59-41-38(32(49)26(46)17-57-41)61-40-37(54)34(51)31(48)20(3)58-40/h6,19-20,22-41,45-55H,1,7-17H2,2-5H3. The Morgan fingerprint density at radius 3 is 2.27 bits per heavy atom. The van der Waals surface area contributed by atoms with Crippen LogP contribution in [0.5, 0.6) is 0 Å². The van der Waals surface area contributed by atoms with Gasteiger partial charge in [-0.25, -0.2) is 0 Å². The summed E-state index contributed by atoms with van der Waals surface area (Å²) < 4.78 is 41.5. The van der Waals surface area contributed by atoms with Crippen LogP contribution in [0.15, 0.2) is 23.8 Å². The average molecular weight is 887 g/mol. The van der Waals surface area contributed by atoms with E-state index in [1.165, 1.54) is 6.92 Å². The molecular formula is C44H70O18. The maximum atomic E-state index is 12.1. The Balaban J connectivity index is 0.888. The van der Waals surface area contributed by atoms with E-state index in [9.17, 15) is 56.2 Å². The van der Waals surface area contributed by atoms with Crippen LogP contribution >= 0.6 is 0 Å². The van der Waals surface area contributed by atoms with Crippen LogP contribution in [0.2, 0.25) is 0 Å². The predicted octanol–water partition coefficient (Wildman–Crippen LogP) is -1.30. The minimum Gasteiger partial charge on any atom is -0.394 e. The van der Waals surface area contributed by atoms with Crippen molar-refractivity contribution in [1.29, 1.82) is 0 Å². The molecule has 0 bridgehead atoms. The zero-order chi connectivity index (χ0) is 44.8. The molecule has 8 rings (SSSR count). The molecule has 354 valence electrons. The van der Waals surface area contributed by atoms with Crippen molar-refractivity contribution in [3.05, 3.63) is 23.8 Å². The van der Waals surface area contributed by atoms with E-state index in [1.807, 2.05) is 0 Å². The molecular weight excluding hydrogens is 816 g/mol. The fourth-order valence-corrected chi connectivity index (χ4v) is 13.1. The second kappa shape index (κ2) is 17.8. The average Bonchev–Trinajstić information content (AvgIpc) is 3.68. The fraction of sp³-hybridized carbons (Fsp3) is 0.909. The van der Waals surface area contributed by atoms with Gasteiger partial charge in [-0.1, -0.05) is 44.6 Å². The fourth-order valence-electron chi connectivity index (χ4n) is 13.1. The third-order valence-electron chi connectivity index (χ3n) is 16.8. The van der Waals surface area contributed by atoms with Gasteiger partial charge in [-0.2, -0.15) is 0 Å². The third-order valence-corrected chi connectivity index (χ3v) is 16.8. The molecule has 62 heavy (non-hydrogen) atoms. The molecule has 4 aliphatic carbocycles. The van der Waals surface area contributed by atoms with Crippen LogP contribution in [0.3, 0.4) is 0 Å². The quantitative estimate of drug-likeness (QED) is 0.108. The van der Waals surface area contributed by atoms with Gasteiger partial charge >= 0.3 is 0 Å². The minimum atomic E-state index is -1.64. The van der Waals surface area contributed by atoms with Crippen molar-refractivity contribution in [3.63, 3.8) is 0 Å². The van der Waals surface area contributed by atoms with Crippen LogP contribution in [0.25, 0.3) is 0 Å². The summed E-state index contributed by atoms with van der Waals surface area (Å²) >= 11 is 0. The molecule has 11 N–H and O–H groups in total. The second-order valence-corrected chi connectivity index (χ2v) is 20.2. The maximum Gasteiger partial charge on any atom is 0.187 e. The van der Waals surface area contributed by atoms with Crippen molar-refractivity contribution in [2.75, 3.05) is 19.8 Å². The van der Waals surface area contributed by atoms with E-state index in [-0.39, 0.29) is 61.2 Å². The van der Waals surface area contributed by atoms with Crippen molar-refractivity contribution in [3.8, 4) is 0 Å². The Labute approximate surface area is 362 Å². The molecule has 25 atom stereocenters. The molecule has 18 nitrogen and oxygen atoms in total. The lowest BCUT2D eigenvalue weighted by molar-refractivity contribution is -0.358. The number of fused-ring (bicyclic) bond motifs is 7. The monoisotopic (exact) mass is 886 g/mol. The Hall–Kier alpha value is -1.24. The number of hydrogen-bond acceptors (Lipinski definition) is 18. The van der Waals surface area contributed by atoms with E-state index in [1.54, 1.807) is 0 Å². The van der Waals surface area contributed by atoms with Gasteiger partial charge in [-0.15, -0.1) is 0 Å². The van der Waals surface area contributed by atoms with Crippen LogP contribution in [-0.2, 0) is 33.2 Å². The highest BCUT2D eigenvalue weighted by molar-refractivity contribution is 5.28. The molecule has 0 aromatic carbocycles. The number of rotatable bonds is 11. The van der Waals surface area contributed by atoms with Crippen LogP contribution in [0.1, 0.15) is 79.1 Å². The van der Waals surface area contributed by atoms with Crippen molar-refractivity contribution < 1.29 is 89.3 Å². The first-order valence-electron chi connectivity index (χ1n) is 22.6. The van der Waals surface area contributed by atoms with Gasteiger partial charge in [-0.3, -0.25) is 0 Å². The van der Waals surface area contributed by atoms with Crippen LogP contribution in [0.4, 0.5) is 0 Å². The summed E-state index contributed by atoms with van der Waals surface area (Å²) in [5.74, 6) is -0.660. The number of aliphatic hydroxyl groups is 11. The topological polar surface area (TPSA) is 287 Å². The van der Waals surface area contributed by atoms with Gasteiger partial charge in [0.05, 0.1) is 44.2 Å². The van der Waals surface area contributed by atoms with Gasteiger partial charge in [0.2, 0.25) is 0 Å². The Kier molecular flexibility index (Phi) is 13.5. The summed E-state index contributed by atoms with van der Waals surface area (Å²) in [5, 5.41) is 117. The molecule has 0 radical (unpaired) electrons. The molecule has 4 saturated heterocycles. The number of ether oxygens (including phenoxy) is 7. The summed E-state index contributed by atoms with van der Waals surface area (Å²) in [6, 6.07) is 0. The largest absolute Gasteiger partial charge is 0.394 e. The van der Waals surface area contributed by atoms with E-state index in [0.29, 0.717) is 24.3 Å². The lowest BCUT2D eigenvalue weighted by atomic mass is 9.46. The molecule has 0 aromatic rings. The Bertz CT molecular complexity index is 1630. The smallest absolute Gasteiger partial charge is 0.187 e. The number of hydrogen-bond donors (Lipinski definition) is 11. The highest BCUT2D eigenvalue weighted by Gasteiger charge is 2.68. The van der Waals surface area contributed by atoms with E-state index < -0.39 is 116 Å². The van der Waals surface area contributed by atoms with Crippen molar-refractivity contribution in [2.24, 2.45) is 40.4 Å². The molecule has 4 aliphatic heterocycles. The summed E-state index contributed by atoms with van der Waals surface area (Å²) in [7, 11) is 0. The van der Waals surface area contributed by atoms with Crippen LogP contribution in [-0.4, -0.2) is 186 Å². The van der Waals surface area contributed by atoms with E-state index in [0.717, 1.165) is 31.3 Å². The van der Waals surface area contributed by atoms with Crippen molar-refractivity contribution in [2.45, 2.75) is 189 Å². The molecule has 0 aromatic heterocycles. The lowest BCUT2D eigenvalue weighted by Gasteiger charge is -2.60. The molecule has 0 amide bonds. The van der Waals surface area contributed by atoms with Gasteiger partial charge < -0.3 is 89.3 Å². The maximum absolute atomic E-state index is 12.1. The number of aliphatic hydroxyl groups excluding tert-OH is 10. The highest BCUT2D eigenvalue weighted by atomic mass is 16.8. The second-order valence-electron chi connectivity index (χ2n) is 20.2. The van der Waals surface area contributed by atoms with Gasteiger partial charge in [0, 0.05) is 24.2 Å².